The number of hydrogen-bond acceptors (Lipinski definition) is 5. The molecule has 24 heavy (non-hydrogen) atoms. The fourth-order valence-electron chi connectivity index (χ4n) is 2.84. The van der Waals surface area contributed by atoms with E-state index in [9.17, 15) is 4.79 Å². The molecule has 2 heterocycles. The Labute approximate surface area is 146 Å². The van der Waals surface area contributed by atoms with Gasteiger partial charge in [0, 0.05) is 38.0 Å². The number of aromatic nitrogens is 1. The van der Waals surface area contributed by atoms with E-state index in [1.807, 2.05) is 36.1 Å². The standard InChI is InChI=1S/C18H23N3O2S/c1-14-13-24-18(19-14)21-11-9-20(10-12-21)17(22)8-5-15-3-6-16(23-2)7-4-15/h3-4,6-7,13H,5,8-12H2,1-2H3. The largest absolute Gasteiger partial charge is 0.497 e. The van der Waals surface area contributed by atoms with Crippen molar-refractivity contribution in [3.8, 4) is 5.75 Å². The van der Waals surface area contributed by atoms with E-state index < -0.39 is 0 Å². The molecule has 0 bridgehead atoms. The van der Waals surface area contributed by atoms with E-state index >= 15 is 0 Å². The Hall–Kier alpha value is -2.08. The summed E-state index contributed by atoms with van der Waals surface area (Å²) in [4.78, 5) is 21.2. The summed E-state index contributed by atoms with van der Waals surface area (Å²) >= 11 is 1.68. The molecule has 0 saturated carbocycles. The van der Waals surface area contributed by atoms with Gasteiger partial charge in [0.15, 0.2) is 5.13 Å². The van der Waals surface area contributed by atoms with Gasteiger partial charge in [0.2, 0.25) is 5.91 Å². The van der Waals surface area contributed by atoms with Gasteiger partial charge in [-0.05, 0) is 31.0 Å². The fourth-order valence-corrected chi connectivity index (χ4v) is 3.69. The number of piperazine rings is 1. The van der Waals surface area contributed by atoms with Gasteiger partial charge < -0.3 is 14.5 Å². The van der Waals surface area contributed by atoms with Crippen molar-refractivity contribution in [2.24, 2.45) is 0 Å². The van der Waals surface area contributed by atoms with Gasteiger partial charge >= 0.3 is 0 Å². The molecular weight excluding hydrogens is 322 g/mol. The molecular formula is C18H23N3O2S. The van der Waals surface area contributed by atoms with Crippen LogP contribution in [0.5, 0.6) is 5.75 Å². The maximum Gasteiger partial charge on any atom is 0.223 e. The number of benzene rings is 1. The molecule has 128 valence electrons. The Morgan fingerprint density at radius 2 is 1.92 bits per heavy atom. The van der Waals surface area contributed by atoms with Crippen LogP contribution in [0.4, 0.5) is 5.13 Å². The highest BCUT2D eigenvalue weighted by molar-refractivity contribution is 7.13. The van der Waals surface area contributed by atoms with Crippen molar-refractivity contribution in [2.75, 3.05) is 38.2 Å². The minimum atomic E-state index is 0.237. The lowest BCUT2D eigenvalue weighted by Gasteiger charge is -2.34. The van der Waals surface area contributed by atoms with Crippen LogP contribution in [0.1, 0.15) is 17.7 Å². The van der Waals surface area contributed by atoms with E-state index in [0.29, 0.717) is 6.42 Å². The summed E-state index contributed by atoms with van der Waals surface area (Å²) < 4.78 is 5.15. The van der Waals surface area contributed by atoms with Crippen molar-refractivity contribution in [3.05, 3.63) is 40.9 Å². The fraction of sp³-hybridized carbons (Fsp3) is 0.444. The van der Waals surface area contributed by atoms with Crippen molar-refractivity contribution < 1.29 is 9.53 Å². The third-order valence-electron chi connectivity index (χ3n) is 4.30. The van der Waals surface area contributed by atoms with Gasteiger partial charge in [-0.15, -0.1) is 11.3 Å². The number of carbonyl (C=O) groups is 1. The zero-order valence-corrected chi connectivity index (χ0v) is 15.0. The highest BCUT2D eigenvalue weighted by atomic mass is 32.1. The second-order valence-electron chi connectivity index (χ2n) is 5.99. The number of nitrogens with zero attached hydrogens (tertiary/aromatic N) is 3. The zero-order valence-electron chi connectivity index (χ0n) is 14.2. The van der Waals surface area contributed by atoms with Crippen LogP contribution < -0.4 is 9.64 Å². The molecule has 1 aliphatic heterocycles. The van der Waals surface area contributed by atoms with Crippen molar-refractivity contribution in [3.63, 3.8) is 0 Å². The van der Waals surface area contributed by atoms with Crippen molar-refractivity contribution >= 4 is 22.4 Å². The molecule has 3 rings (SSSR count). The maximum absolute atomic E-state index is 12.4. The lowest BCUT2D eigenvalue weighted by molar-refractivity contribution is -0.131. The summed E-state index contributed by atoms with van der Waals surface area (Å²) in [5, 5.41) is 3.14. The highest BCUT2D eigenvalue weighted by Gasteiger charge is 2.22. The van der Waals surface area contributed by atoms with Crippen LogP contribution in [-0.2, 0) is 11.2 Å². The third-order valence-corrected chi connectivity index (χ3v) is 5.32. The molecule has 1 saturated heterocycles. The average molecular weight is 345 g/mol. The Bertz CT molecular complexity index is 676. The summed E-state index contributed by atoms with van der Waals surface area (Å²) in [6.45, 7) is 5.29. The first-order valence-electron chi connectivity index (χ1n) is 8.23. The molecule has 2 aromatic rings. The van der Waals surface area contributed by atoms with Crippen LogP contribution in [0.3, 0.4) is 0 Å². The van der Waals surface area contributed by atoms with Gasteiger partial charge in [-0.3, -0.25) is 4.79 Å². The summed E-state index contributed by atoms with van der Waals surface area (Å²) in [7, 11) is 1.66. The predicted octanol–water partition coefficient (Wildman–Crippen LogP) is 2.74. The van der Waals surface area contributed by atoms with Crippen molar-refractivity contribution in [1.29, 1.82) is 0 Å². The molecule has 0 atom stereocenters. The van der Waals surface area contributed by atoms with Crippen LogP contribution in [0.25, 0.3) is 0 Å². The van der Waals surface area contributed by atoms with Crippen LogP contribution in [-0.4, -0.2) is 49.1 Å². The van der Waals surface area contributed by atoms with Gasteiger partial charge in [-0.2, -0.15) is 0 Å². The van der Waals surface area contributed by atoms with E-state index in [0.717, 1.165) is 49.2 Å². The van der Waals surface area contributed by atoms with Crippen molar-refractivity contribution in [2.45, 2.75) is 19.8 Å². The topological polar surface area (TPSA) is 45.7 Å². The smallest absolute Gasteiger partial charge is 0.223 e. The Balaban J connectivity index is 1.46. The zero-order chi connectivity index (χ0) is 16.9. The monoisotopic (exact) mass is 345 g/mol. The molecule has 1 fully saturated rings. The van der Waals surface area contributed by atoms with E-state index in [2.05, 4.69) is 15.3 Å². The van der Waals surface area contributed by atoms with Crippen LogP contribution in [0.15, 0.2) is 29.6 Å². The summed E-state index contributed by atoms with van der Waals surface area (Å²) in [5.74, 6) is 1.08. The number of hydrogen-bond donors (Lipinski definition) is 0. The first kappa shape index (κ1) is 16.8. The van der Waals surface area contributed by atoms with E-state index in [1.54, 1.807) is 18.4 Å². The second-order valence-corrected chi connectivity index (χ2v) is 6.82. The number of aryl methyl sites for hydroxylation is 2. The number of ether oxygens (including phenoxy) is 1. The van der Waals surface area contributed by atoms with E-state index in [4.69, 9.17) is 4.74 Å². The Morgan fingerprint density at radius 1 is 1.21 bits per heavy atom. The average Bonchev–Trinajstić information content (AvgIpc) is 3.06. The number of carbonyl (C=O) groups excluding carboxylic acids is 1. The quantitative estimate of drug-likeness (QED) is 0.836. The highest BCUT2D eigenvalue weighted by Crippen LogP contribution is 2.21. The molecule has 1 aromatic carbocycles. The molecule has 1 amide bonds. The maximum atomic E-state index is 12.4. The molecule has 0 radical (unpaired) electrons. The van der Waals surface area contributed by atoms with Crippen LogP contribution >= 0.6 is 11.3 Å². The van der Waals surface area contributed by atoms with Crippen LogP contribution in [0, 0.1) is 6.92 Å². The van der Waals surface area contributed by atoms with Gasteiger partial charge in [0.25, 0.3) is 0 Å². The SMILES string of the molecule is COc1ccc(CCC(=O)N2CCN(c3nc(C)cs3)CC2)cc1. The second kappa shape index (κ2) is 7.66. The predicted molar refractivity (Wildman–Crippen MR) is 97.0 cm³/mol. The summed E-state index contributed by atoms with van der Waals surface area (Å²) in [6.07, 6.45) is 1.33. The number of methoxy groups -OCH3 is 1. The molecule has 0 N–H and O–H groups in total. The number of rotatable bonds is 5. The third kappa shape index (κ3) is 4.06. The normalized spacial score (nSPS) is 14.8. The molecule has 0 aliphatic carbocycles. The van der Waals surface area contributed by atoms with Gasteiger partial charge in [0.05, 0.1) is 12.8 Å². The molecule has 5 nitrogen and oxygen atoms in total. The van der Waals surface area contributed by atoms with Gasteiger partial charge in [-0.25, -0.2) is 4.98 Å². The molecule has 0 unspecified atom stereocenters. The first-order valence-corrected chi connectivity index (χ1v) is 9.11. The van der Waals surface area contributed by atoms with Crippen LogP contribution in [0.2, 0.25) is 0 Å². The van der Waals surface area contributed by atoms with Gasteiger partial charge in [-0.1, -0.05) is 12.1 Å². The summed E-state index contributed by atoms with van der Waals surface area (Å²) in [5.41, 5.74) is 2.23. The minimum absolute atomic E-state index is 0.237. The minimum Gasteiger partial charge on any atom is -0.497 e. The molecule has 6 heteroatoms. The van der Waals surface area contributed by atoms with Crippen molar-refractivity contribution in [1.82, 2.24) is 9.88 Å². The molecule has 1 aliphatic rings. The summed E-state index contributed by atoms with van der Waals surface area (Å²) in [6, 6.07) is 7.92. The molecule has 0 spiro atoms. The number of amides is 1. The van der Waals surface area contributed by atoms with E-state index in [1.165, 1.54) is 5.56 Å². The first-order chi connectivity index (χ1) is 11.7. The number of anilines is 1. The Morgan fingerprint density at radius 3 is 2.50 bits per heavy atom. The van der Waals surface area contributed by atoms with E-state index in [-0.39, 0.29) is 5.91 Å². The Kier molecular flexibility index (Phi) is 5.35. The van der Waals surface area contributed by atoms with Gasteiger partial charge in [0.1, 0.15) is 5.75 Å². The lowest BCUT2D eigenvalue weighted by atomic mass is 10.1. The lowest BCUT2D eigenvalue weighted by Crippen LogP contribution is -2.48. The number of thiazole rings is 1. The molecule has 1 aromatic heterocycles.